The van der Waals surface area contributed by atoms with Gasteiger partial charge in [-0.2, -0.15) is 0 Å². The molecular weight excluding hydrogens is 236 g/mol. The van der Waals surface area contributed by atoms with Crippen molar-refractivity contribution >= 4 is 5.91 Å². The molecule has 2 aliphatic rings. The Labute approximate surface area is 117 Å². The Bertz CT molecular complexity index is 303. The average Bonchev–Trinajstić information content (AvgIpc) is 2.74. The van der Waals surface area contributed by atoms with Crippen LogP contribution in [0.2, 0.25) is 0 Å². The second kappa shape index (κ2) is 6.74. The van der Waals surface area contributed by atoms with Gasteiger partial charge in [0.15, 0.2) is 0 Å². The number of amides is 1. The van der Waals surface area contributed by atoms with E-state index >= 15 is 0 Å². The third kappa shape index (κ3) is 4.20. The van der Waals surface area contributed by atoms with Crippen LogP contribution >= 0.6 is 0 Å². The van der Waals surface area contributed by atoms with Crippen LogP contribution in [0.1, 0.15) is 58.8 Å². The molecule has 3 nitrogen and oxygen atoms in total. The van der Waals surface area contributed by atoms with E-state index in [0.29, 0.717) is 18.2 Å². The maximum atomic E-state index is 12.4. The average molecular weight is 266 g/mol. The van der Waals surface area contributed by atoms with Crippen molar-refractivity contribution < 1.29 is 4.79 Å². The number of nitrogens with two attached hydrogens (primary N) is 1. The van der Waals surface area contributed by atoms with Crippen molar-refractivity contribution in [2.75, 3.05) is 13.1 Å². The summed E-state index contributed by atoms with van der Waals surface area (Å²) >= 11 is 0. The van der Waals surface area contributed by atoms with Crippen molar-refractivity contribution in [2.45, 2.75) is 64.8 Å². The molecule has 0 aromatic rings. The molecule has 0 bridgehead atoms. The van der Waals surface area contributed by atoms with Crippen LogP contribution in [0.25, 0.3) is 0 Å². The highest BCUT2D eigenvalue weighted by Gasteiger charge is 2.30. The standard InChI is InChI=1S/C16H30N2O/c1-12(2)9-13-5-4-8-18(11-13)16(19)10-14-6-3-7-15(14)17/h12-15H,3-11,17H2,1-2H3/t13?,14-,15+/m0/s1. The fraction of sp³-hybridized carbons (Fsp3) is 0.938. The third-order valence-electron chi connectivity index (χ3n) is 4.83. The predicted octanol–water partition coefficient (Wildman–Crippen LogP) is 2.79. The van der Waals surface area contributed by atoms with Gasteiger partial charge in [0, 0.05) is 25.6 Å². The first-order valence-corrected chi connectivity index (χ1v) is 8.09. The summed E-state index contributed by atoms with van der Waals surface area (Å²) in [5, 5.41) is 0. The number of hydrogen-bond donors (Lipinski definition) is 1. The molecule has 2 fully saturated rings. The molecule has 3 heteroatoms. The first-order chi connectivity index (χ1) is 9.06. The Balaban J connectivity index is 1.81. The summed E-state index contributed by atoms with van der Waals surface area (Å²) in [6, 6.07) is 0.264. The highest BCUT2D eigenvalue weighted by atomic mass is 16.2. The molecule has 19 heavy (non-hydrogen) atoms. The minimum absolute atomic E-state index is 0.264. The minimum atomic E-state index is 0.264. The van der Waals surface area contributed by atoms with Gasteiger partial charge < -0.3 is 10.6 Å². The molecule has 0 aromatic heterocycles. The van der Waals surface area contributed by atoms with Gasteiger partial charge in [-0.3, -0.25) is 4.79 Å². The molecule has 110 valence electrons. The highest BCUT2D eigenvalue weighted by Crippen LogP contribution is 2.29. The molecule has 1 saturated heterocycles. The van der Waals surface area contributed by atoms with Gasteiger partial charge in [-0.05, 0) is 49.9 Å². The number of likely N-dealkylation sites (tertiary alicyclic amines) is 1. The summed E-state index contributed by atoms with van der Waals surface area (Å²) in [6.45, 7) is 6.50. The zero-order valence-corrected chi connectivity index (χ0v) is 12.6. The Kier molecular flexibility index (Phi) is 5.26. The van der Waals surface area contributed by atoms with E-state index < -0.39 is 0 Å². The van der Waals surface area contributed by atoms with Crippen LogP contribution in [0, 0.1) is 17.8 Å². The molecule has 1 amide bonds. The summed E-state index contributed by atoms with van der Waals surface area (Å²) in [4.78, 5) is 14.5. The number of carbonyl (C=O) groups excluding carboxylic acids is 1. The second-order valence-corrected chi connectivity index (χ2v) is 7.04. The van der Waals surface area contributed by atoms with Crippen molar-refractivity contribution in [3.63, 3.8) is 0 Å². The van der Waals surface area contributed by atoms with E-state index in [2.05, 4.69) is 18.7 Å². The van der Waals surface area contributed by atoms with Crippen molar-refractivity contribution in [3.05, 3.63) is 0 Å². The molecule has 2 N–H and O–H groups in total. The molecule has 1 aliphatic heterocycles. The van der Waals surface area contributed by atoms with Gasteiger partial charge in [0.2, 0.25) is 5.91 Å². The summed E-state index contributed by atoms with van der Waals surface area (Å²) in [5.74, 6) is 2.26. The van der Waals surface area contributed by atoms with Crippen LogP contribution in [-0.4, -0.2) is 29.9 Å². The second-order valence-electron chi connectivity index (χ2n) is 7.04. The number of hydrogen-bond acceptors (Lipinski definition) is 2. The van der Waals surface area contributed by atoms with Gasteiger partial charge >= 0.3 is 0 Å². The van der Waals surface area contributed by atoms with Crippen molar-refractivity contribution in [2.24, 2.45) is 23.5 Å². The summed E-state index contributed by atoms with van der Waals surface area (Å²) < 4.78 is 0. The van der Waals surface area contributed by atoms with Crippen molar-refractivity contribution in [1.82, 2.24) is 4.90 Å². The van der Waals surface area contributed by atoms with Crippen LogP contribution < -0.4 is 5.73 Å². The largest absolute Gasteiger partial charge is 0.342 e. The lowest BCUT2D eigenvalue weighted by atomic mass is 9.89. The Morgan fingerprint density at radius 3 is 2.68 bits per heavy atom. The first-order valence-electron chi connectivity index (χ1n) is 8.09. The Morgan fingerprint density at radius 2 is 2.05 bits per heavy atom. The molecular formula is C16H30N2O. The molecule has 1 saturated carbocycles. The quantitative estimate of drug-likeness (QED) is 0.850. The number of carbonyl (C=O) groups is 1. The van der Waals surface area contributed by atoms with Crippen molar-refractivity contribution in [3.8, 4) is 0 Å². The molecule has 1 heterocycles. The molecule has 1 unspecified atom stereocenters. The van der Waals surface area contributed by atoms with Crippen LogP contribution in [0.15, 0.2) is 0 Å². The minimum Gasteiger partial charge on any atom is -0.342 e. The number of rotatable bonds is 4. The molecule has 2 rings (SSSR count). The smallest absolute Gasteiger partial charge is 0.222 e. The van der Waals surface area contributed by atoms with E-state index in [-0.39, 0.29) is 6.04 Å². The van der Waals surface area contributed by atoms with Gasteiger partial charge in [-0.15, -0.1) is 0 Å². The van der Waals surface area contributed by atoms with Gasteiger partial charge in [0.25, 0.3) is 0 Å². The maximum Gasteiger partial charge on any atom is 0.222 e. The zero-order chi connectivity index (χ0) is 13.8. The molecule has 0 aromatic carbocycles. The van der Waals surface area contributed by atoms with Crippen LogP contribution in [0.4, 0.5) is 0 Å². The molecule has 3 atom stereocenters. The van der Waals surface area contributed by atoms with Gasteiger partial charge in [0.1, 0.15) is 0 Å². The number of piperidine rings is 1. The maximum absolute atomic E-state index is 12.4. The topological polar surface area (TPSA) is 46.3 Å². The van der Waals surface area contributed by atoms with Gasteiger partial charge in [-0.25, -0.2) is 0 Å². The SMILES string of the molecule is CC(C)CC1CCCN(C(=O)C[C@@H]2CCC[C@H]2N)C1. The Hall–Kier alpha value is -0.570. The first kappa shape index (κ1) is 14.8. The normalized spacial score (nSPS) is 32.0. The summed E-state index contributed by atoms with van der Waals surface area (Å²) in [7, 11) is 0. The van der Waals surface area contributed by atoms with E-state index in [1.165, 1.54) is 25.7 Å². The van der Waals surface area contributed by atoms with E-state index in [1.807, 2.05) is 0 Å². The zero-order valence-electron chi connectivity index (χ0n) is 12.6. The molecule has 1 aliphatic carbocycles. The predicted molar refractivity (Wildman–Crippen MR) is 78.7 cm³/mol. The molecule has 0 radical (unpaired) electrons. The lowest BCUT2D eigenvalue weighted by Crippen LogP contribution is -2.42. The summed E-state index contributed by atoms with van der Waals surface area (Å²) in [5.41, 5.74) is 6.08. The van der Waals surface area contributed by atoms with Crippen LogP contribution in [0.5, 0.6) is 0 Å². The lowest BCUT2D eigenvalue weighted by Gasteiger charge is -2.34. The fourth-order valence-electron chi connectivity index (χ4n) is 3.82. The van der Waals surface area contributed by atoms with Gasteiger partial charge in [-0.1, -0.05) is 20.3 Å². The highest BCUT2D eigenvalue weighted by molar-refractivity contribution is 5.76. The van der Waals surface area contributed by atoms with Crippen LogP contribution in [-0.2, 0) is 4.79 Å². The lowest BCUT2D eigenvalue weighted by molar-refractivity contribution is -0.134. The monoisotopic (exact) mass is 266 g/mol. The van der Waals surface area contributed by atoms with Gasteiger partial charge in [0.05, 0.1) is 0 Å². The Morgan fingerprint density at radius 1 is 1.26 bits per heavy atom. The molecule has 0 spiro atoms. The summed E-state index contributed by atoms with van der Waals surface area (Å²) in [6.07, 6.45) is 7.88. The van der Waals surface area contributed by atoms with E-state index in [0.717, 1.165) is 37.8 Å². The van der Waals surface area contributed by atoms with E-state index in [1.54, 1.807) is 0 Å². The fourth-order valence-corrected chi connectivity index (χ4v) is 3.82. The van der Waals surface area contributed by atoms with E-state index in [9.17, 15) is 4.79 Å². The number of nitrogens with zero attached hydrogens (tertiary/aromatic N) is 1. The van der Waals surface area contributed by atoms with Crippen molar-refractivity contribution in [1.29, 1.82) is 0 Å². The van der Waals surface area contributed by atoms with E-state index in [4.69, 9.17) is 5.73 Å². The van der Waals surface area contributed by atoms with Crippen LogP contribution in [0.3, 0.4) is 0 Å². The third-order valence-corrected chi connectivity index (χ3v) is 4.83.